The molecule has 1 saturated heterocycles. The molecule has 184 valence electrons. The number of benzene rings is 2. The highest BCUT2D eigenvalue weighted by molar-refractivity contribution is 5.70. The zero-order valence-electron chi connectivity index (χ0n) is 20.8. The molecule has 0 aliphatic carbocycles. The first-order valence-electron chi connectivity index (χ1n) is 12.1. The number of aromatic nitrogens is 1. The summed E-state index contributed by atoms with van der Waals surface area (Å²) in [6, 6.07) is 18.2. The summed E-state index contributed by atoms with van der Waals surface area (Å²) in [5, 5.41) is 10.3. The maximum Gasteiger partial charge on any atom is 0.411 e. The Morgan fingerprint density at radius 3 is 2.40 bits per heavy atom. The lowest BCUT2D eigenvalue weighted by molar-refractivity contribution is -0.0768. The highest BCUT2D eigenvalue weighted by Crippen LogP contribution is 2.41. The smallest absolute Gasteiger partial charge is 0.411 e. The Labute approximate surface area is 206 Å². The first-order chi connectivity index (χ1) is 16.6. The maximum absolute atomic E-state index is 13.6. The molecule has 2 atom stereocenters. The van der Waals surface area contributed by atoms with Gasteiger partial charge in [0.05, 0.1) is 11.6 Å². The van der Waals surface area contributed by atoms with E-state index >= 15 is 0 Å². The summed E-state index contributed by atoms with van der Waals surface area (Å²) in [5.74, 6) is -0.339. The van der Waals surface area contributed by atoms with Gasteiger partial charge in [0.2, 0.25) is 0 Å². The van der Waals surface area contributed by atoms with E-state index in [1.807, 2.05) is 38.1 Å². The predicted molar refractivity (Wildman–Crippen MR) is 134 cm³/mol. The van der Waals surface area contributed by atoms with E-state index in [-0.39, 0.29) is 11.9 Å². The van der Waals surface area contributed by atoms with Gasteiger partial charge in [0.25, 0.3) is 0 Å². The monoisotopic (exact) mass is 476 g/mol. The number of amides is 1. The van der Waals surface area contributed by atoms with Crippen molar-refractivity contribution in [1.82, 2.24) is 9.88 Å². The molecule has 1 unspecified atom stereocenters. The fourth-order valence-electron chi connectivity index (χ4n) is 4.67. The number of halogens is 1. The summed E-state index contributed by atoms with van der Waals surface area (Å²) in [6.45, 7) is 7.93. The molecule has 4 rings (SSSR count). The van der Waals surface area contributed by atoms with Gasteiger partial charge in [-0.25, -0.2) is 9.18 Å². The van der Waals surface area contributed by atoms with Gasteiger partial charge in [-0.2, -0.15) is 0 Å². The second-order valence-corrected chi connectivity index (χ2v) is 10.1. The number of rotatable bonds is 7. The Morgan fingerprint density at radius 2 is 1.80 bits per heavy atom. The van der Waals surface area contributed by atoms with Gasteiger partial charge in [-0.1, -0.05) is 36.4 Å². The van der Waals surface area contributed by atoms with Gasteiger partial charge in [0.1, 0.15) is 11.4 Å². The molecule has 6 heteroatoms. The van der Waals surface area contributed by atoms with Crippen molar-refractivity contribution in [3.8, 4) is 11.1 Å². The molecule has 2 aromatic carbocycles. The van der Waals surface area contributed by atoms with Crippen LogP contribution >= 0.6 is 0 Å². The van der Waals surface area contributed by atoms with E-state index in [0.717, 1.165) is 27.9 Å². The molecule has 1 fully saturated rings. The van der Waals surface area contributed by atoms with Crippen LogP contribution in [-0.2, 0) is 10.3 Å². The van der Waals surface area contributed by atoms with Crippen molar-refractivity contribution in [2.45, 2.75) is 64.2 Å². The van der Waals surface area contributed by atoms with Gasteiger partial charge in [0, 0.05) is 24.9 Å². The third-order valence-electron chi connectivity index (χ3n) is 6.88. The zero-order chi connectivity index (χ0) is 25.2. The van der Waals surface area contributed by atoms with E-state index in [1.165, 1.54) is 12.1 Å². The minimum atomic E-state index is -0.904. The number of hydrogen-bond acceptors (Lipinski definition) is 4. The maximum atomic E-state index is 13.6. The van der Waals surface area contributed by atoms with Crippen LogP contribution in [0.1, 0.15) is 62.9 Å². The SMILES string of the molecule is Cc1cc(-c2ccc([C@H](C)N3CCC(CCC(C)(C)O)(c4ccc(F)cc4)OC3=O)cc2)ccn1. The Balaban J connectivity index is 1.53. The van der Waals surface area contributed by atoms with Crippen LogP contribution in [-0.4, -0.2) is 33.2 Å². The average molecular weight is 477 g/mol. The number of cyclic esters (lactones) is 1. The van der Waals surface area contributed by atoms with Crippen molar-refractivity contribution in [3.63, 3.8) is 0 Å². The second-order valence-electron chi connectivity index (χ2n) is 10.1. The van der Waals surface area contributed by atoms with Crippen molar-refractivity contribution < 1.29 is 19.0 Å². The van der Waals surface area contributed by atoms with E-state index in [0.29, 0.717) is 25.8 Å². The van der Waals surface area contributed by atoms with Crippen LogP contribution < -0.4 is 0 Å². The minimum Gasteiger partial charge on any atom is -0.438 e. The molecule has 35 heavy (non-hydrogen) atoms. The van der Waals surface area contributed by atoms with Crippen molar-refractivity contribution in [3.05, 3.63) is 89.5 Å². The molecular formula is C29H33FN2O3. The average Bonchev–Trinajstić information content (AvgIpc) is 2.82. The molecule has 0 spiro atoms. The van der Waals surface area contributed by atoms with E-state index in [4.69, 9.17) is 4.74 Å². The number of aliphatic hydroxyl groups is 1. The standard InChI is InChI=1S/C29H33FN2O3/c1-20-19-24(13-17-31-20)23-7-5-22(6-8-23)21(2)32-18-16-29(35-27(32)33,15-14-28(3,4)34)25-9-11-26(30)12-10-25/h5-13,17,19,21,34H,14-16,18H2,1-4H3/t21-,29?/m0/s1. The summed E-state index contributed by atoms with van der Waals surface area (Å²) in [4.78, 5) is 19.3. The van der Waals surface area contributed by atoms with Crippen molar-refractivity contribution in [2.24, 2.45) is 0 Å². The summed E-state index contributed by atoms with van der Waals surface area (Å²) in [5.41, 5.74) is 3.12. The third-order valence-corrected chi connectivity index (χ3v) is 6.88. The lowest BCUT2D eigenvalue weighted by atomic mass is 9.82. The predicted octanol–water partition coefficient (Wildman–Crippen LogP) is 6.55. The van der Waals surface area contributed by atoms with E-state index in [2.05, 4.69) is 17.1 Å². The van der Waals surface area contributed by atoms with Crippen LogP contribution in [0.15, 0.2) is 66.9 Å². The molecule has 0 saturated carbocycles. The second kappa shape index (κ2) is 9.78. The van der Waals surface area contributed by atoms with Gasteiger partial charge in [0.15, 0.2) is 0 Å². The zero-order valence-corrected chi connectivity index (χ0v) is 20.8. The normalized spacial score (nSPS) is 19.4. The quantitative estimate of drug-likeness (QED) is 0.420. The first-order valence-corrected chi connectivity index (χ1v) is 12.1. The van der Waals surface area contributed by atoms with Gasteiger partial charge in [-0.05, 0) is 87.1 Å². The van der Waals surface area contributed by atoms with Crippen LogP contribution in [0.2, 0.25) is 0 Å². The van der Waals surface area contributed by atoms with Gasteiger partial charge < -0.3 is 14.7 Å². The Bertz CT molecular complexity index is 1170. The molecule has 1 N–H and O–H groups in total. The molecular weight excluding hydrogens is 443 g/mol. The Kier molecular flexibility index (Phi) is 6.95. The number of ether oxygens (including phenoxy) is 1. The summed E-state index contributed by atoms with van der Waals surface area (Å²) >= 11 is 0. The summed E-state index contributed by atoms with van der Waals surface area (Å²) in [6.07, 6.45) is 2.85. The Hall–Kier alpha value is -3.25. The van der Waals surface area contributed by atoms with Crippen LogP contribution in [0.5, 0.6) is 0 Å². The molecule has 3 aromatic rings. The van der Waals surface area contributed by atoms with E-state index < -0.39 is 17.3 Å². The van der Waals surface area contributed by atoms with Crippen molar-refractivity contribution in [1.29, 1.82) is 0 Å². The van der Waals surface area contributed by atoms with Gasteiger partial charge in [-0.3, -0.25) is 4.98 Å². The van der Waals surface area contributed by atoms with E-state index in [9.17, 15) is 14.3 Å². The third kappa shape index (κ3) is 5.70. The molecule has 1 aliphatic heterocycles. The van der Waals surface area contributed by atoms with Crippen LogP contribution in [0.4, 0.5) is 9.18 Å². The van der Waals surface area contributed by atoms with Crippen molar-refractivity contribution in [2.75, 3.05) is 6.54 Å². The summed E-state index contributed by atoms with van der Waals surface area (Å²) in [7, 11) is 0. The minimum absolute atomic E-state index is 0.170. The number of carbonyl (C=O) groups excluding carboxylic acids is 1. The molecule has 0 radical (unpaired) electrons. The molecule has 5 nitrogen and oxygen atoms in total. The lowest BCUT2D eigenvalue weighted by Gasteiger charge is -2.44. The Morgan fingerprint density at radius 1 is 1.11 bits per heavy atom. The van der Waals surface area contributed by atoms with Gasteiger partial charge in [-0.15, -0.1) is 0 Å². The van der Waals surface area contributed by atoms with Crippen LogP contribution in [0.3, 0.4) is 0 Å². The number of pyridine rings is 1. The summed E-state index contributed by atoms with van der Waals surface area (Å²) < 4.78 is 19.7. The van der Waals surface area contributed by atoms with Crippen molar-refractivity contribution >= 4 is 6.09 Å². The number of hydrogen-bond donors (Lipinski definition) is 1. The molecule has 0 bridgehead atoms. The highest BCUT2D eigenvalue weighted by atomic mass is 19.1. The van der Waals surface area contributed by atoms with Crippen LogP contribution in [0.25, 0.3) is 11.1 Å². The van der Waals surface area contributed by atoms with Crippen LogP contribution in [0, 0.1) is 12.7 Å². The van der Waals surface area contributed by atoms with Gasteiger partial charge >= 0.3 is 6.09 Å². The molecule has 1 amide bonds. The highest BCUT2D eigenvalue weighted by Gasteiger charge is 2.44. The first kappa shape index (κ1) is 24.9. The largest absolute Gasteiger partial charge is 0.438 e. The molecule has 2 heterocycles. The number of aryl methyl sites for hydroxylation is 1. The lowest BCUT2D eigenvalue weighted by Crippen LogP contribution is -2.49. The van der Waals surface area contributed by atoms with E-state index in [1.54, 1.807) is 37.1 Å². The molecule has 1 aliphatic rings. The number of carbonyl (C=O) groups is 1. The molecule has 1 aromatic heterocycles. The topological polar surface area (TPSA) is 62.7 Å². The number of nitrogens with zero attached hydrogens (tertiary/aromatic N) is 2. The fraction of sp³-hybridized carbons (Fsp3) is 0.379. The fourth-order valence-corrected chi connectivity index (χ4v) is 4.67.